The van der Waals surface area contributed by atoms with Crippen LogP contribution in [0, 0.1) is 11.8 Å². The van der Waals surface area contributed by atoms with E-state index in [9.17, 15) is 0 Å². The second-order valence-electron chi connectivity index (χ2n) is 3.81. The zero-order chi connectivity index (χ0) is 12.1. The van der Waals surface area contributed by atoms with E-state index in [0.29, 0.717) is 0 Å². The van der Waals surface area contributed by atoms with Crippen LogP contribution < -0.4 is 0 Å². The molecule has 0 aliphatic rings. The van der Waals surface area contributed by atoms with E-state index in [1.807, 2.05) is 24.3 Å². The highest BCUT2D eigenvalue weighted by molar-refractivity contribution is 6.30. The second-order valence-corrected chi connectivity index (χ2v) is 4.24. The monoisotopic (exact) mass is 240 g/mol. The molecule has 0 spiro atoms. The van der Waals surface area contributed by atoms with Gasteiger partial charge in [-0.1, -0.05) is 42.5 Å². The molecule has 0 heterocycles. The maximum absolute atomic E-state index is 5.81. The molecule has 0 saturated heterocycles. The van der Waals surface area contributed by atoms with Crippen LogP contribution in [0.25, 0.3) is 0 Å². The highest BCUT2D eigenvalue weighted by Gasteiger charge is 1.90. The molecular formula is C16H13Cl. The van der Waals surface area contributed by atoms with Crippen LogP contribution in [-0.4, -0.2) is 0 Å². The zero-order valence-electron chi connectivity index (χ0n) is 9.70. The minimum atomic E-state index is 0.739. The molecule has 0 saturated carbocycles. The first-order valence-corrected chi connectivity index (χ1v) is 6.02. The van der Waals surface area contributed by atoms with Gasteiger partial charge in [0.15, 0.2) is 0 Å². The minimum absolute atomic E-state index is 0.739. The van der Waals surface area contributed by atoms with E-state index in [0.717, 1.165) is 22.6 Å². The Morgan fingerprint density at radius 3 is 1.76 bits per heavy atom. The van der Waals surface area contributed by atoms with Gasteiger partial charge in [0.05, 0.1) is 0 Å². The van der Waals surface area contributed by atoms with Crippen LogP contribution in [0.5, 0.6) is 0 Å². The van der Waals surface area contributed by atoms with Gasteiger partial charge in [-0.2, -0.15) is 0 Å². The summed E-state index contributed by atoms with van der Waals surface area (Å²) >= 11 is 5.81. The smallest absolute Gasteiger partial charge is 0.0406 e. The Kier molecular flexibility index (Phi) is 3.85. The molecule has 2 rings (SSSR count). The lowest BCUT2D eigenvalue weighted by atomic mass is 10.1. The van der Waals surface area contributed by atoms with E-state index in [4.69, 9.17) is 11.6 Å². The van der Waals surface area contributed by atoms with Crippen LogP contribution in [0.4, 0.5) is 0 Å². The normalized spacial score (nSPS) is 9.53. The van der Waals surface area contributed by atoms with Crippen molar-refractivity contribution in [1.82, 2.24) is 0 Å². The van der Waals surface area contributed by atoms with Gasteiger partial charge >= 0.3 is 0 Å². The first-order valence-electron chi connectivity index (χ1n) is 5.64. The summed E-state index contributed by atoms with van der Waals surface area (Å²) < 4.78 is 0. The third-order valence-corrected chi connectivity index (χ3v) is 2.81. The first kappa shape index (κ1) is 11.8. The van der Waals surface area contributed by atoms with E-state index >= 15 is 0 Å². The van der Waals surface area contributed by atoms with E-state index in [-0.39, 0.29) is 0 Å². The highest BCUT2D eigenvalue weighted by atomic mass is 35.5. The lowest BCUT2D eigenvalue weighted by Crippen LogP contribution is -1.80. The molecule has 17 heavy (non-hydrogen) atoms. The van der Waals surface area contributed by atoms with Gasteiger partial charge in [0.25, 0.3) is 0 Å². The van der Waals surface area contributed by atoms with Gasteiger partial charge in [-0.25, -0.2) is 0 Å². The second kappa shape index (κ2) is 5.57. The molecule has 0 N–H and O–H groups in total. The number of benzene rings is 2. The van der Waals surface area contributed by atoms with Crippen LogP contribution in [0.3, 0.4) is 0 Å². The van der Waals surface area contributed by atoms with E-state index in [1.54, 1.807) is 0 Å². The van der Waals surface area contributed by atoms with E-state index < -0.39 is 0 Å². The summed E-state index contributed by atoms with van der Waals surface area (Å²) in [5.74, 6) is 6.26. The van der Waals surface area contributed by atoms with Gasteiger partial charge < -0.3 is 0 Å². The van der Waals surface area contributed by atoms with Gasteiger partial charge in [-0.3, -0.25) is 0 Å². The first-order chi connectivity index (χ1) is 8.28. The molecule has 0 nitrogen and oxygen atoms in total. The fraction of sp³-hybridized carbons (Fsp3) is 0.125. The number of rotatable bonds is 1. The third-order valence-electron chi connectivity index (χ3n) is 2.56. The molecule has 0 bridgehead atoms. The summed E-state index contributed by atoms with van der Waals surface area (Å²) in [6.07, 6.45) is 1.06. The summed E-state index contributed by atoms with van der Waals surface area (Å²) in [4.78, 5) is 0. The number of hydrogen-bond acceptors (Lipinski definition) is 0. The van der Waals surface area contributed by atoms with Crippen molar-refractivity contribution in [2.45, 2.75) is 13.3 Å². The summed E-state index contributed by atoms with van der Waals surface area (Å²) in [7, 11) is 0. The Morgan fingerprint density at radius 1 is 0.824 bits per heavy atom. The lowest BCUT2D eigenvalue weighted by Gasteiger charge is -1.95. The topological polar surface area (TPSA) is 0 Å². The van der Waals surface area contributed by atoms with Crippen molar-refractivity contribution in [3.8, 4) is 11.8 Å². The molecule has 1 heteroatoms. The summed E-state index contributed by atoms with van der Waals surface area (Å²) in [5, 5.41) is 0.739. The maximum atomic E-state index is 5.81. The predicted molar refractivity (Wildman–Crippen MR) is 73.3 cm³/mol. The fourth-order valence-electron chi connectivity index (χ4n) is 1.50. The molecule has 2 aromatic carbocycles. The molecule has 84 valence electrons. The van der Waals surface area contributed by atoms with Crippen molar-refractivity contribution in [1.29, 1.82) is 0 Å². The number of hydrogen-bond donors (Lipinski definition) is 0. The zero-order valence-corrected chi connectivity index (χ0v) is 10.5. The Bertz CT molecular complexity index is 539. The van der Waals surface area contributed by atoms with Crippen molar-refractivity contribution < 1.29 is 0 Å². The van der Waals surface area contributed by atoms with Crippen LogP contribution in [0.15, 0.2) is 48.5 Å². The maximum Gasteiger partial charge on any atom is 0.0406 e. The SMILES string of the molecule is CCc1ccc(C#Cc2ccc(Cl)cc2)cc1. The van der Waals surface area contributed by atoms with Crippen LogP contribution in [-0.2, 0) is 6.42 Å². The van der Waals surface area contributed by atoms with Gasteiger partial charge in [-0.15, -0.1) is 0 Å². The minimum Gasteiger partial charge on any atom is -0.0843 e. The molecule has 0 aromatic heterocycles. The van der Waals surface area contributed by atoms with Crippen molar-refractivity contribution in [3.63, 3.8) is 0 Å². The summed E-state index contributed by atoms with van der Waals surface area (Å²) in [5.41, 5.74) is 3.35. The van der Waals surface area contributed by atoms with E-state index in [1.165, 1.54) is 5.56 Å². The molecule has 0 aliphatic carbocycles. The average Bonchev–Trinajstić information content (AvgIpc) is 2.39. The van der Waals surface area contributed by atoms with Crippen LogP contribution in [0.1, 0.15) is 23.6 Å². The molecule has 2 aromatic rings. The summed E-state index contributed by atoms with van der Waals surface area (Å²) in [6.45, 7) is 2.15. The van der Waals surface area contributed by atoms with Gasteiger partial charge in [0, 0.05) is 16.1 Å². The Morgan fingerprint density at radius 2 is 1.29 bits per heavy atom. The van der Waals surface area contributed by atoms with Crippen molar-refractivity contribution in [2.24, 2.45) is 0 Å². The Hall–Kier alpha value is -1.71. The standard InChI is InChI=1S/C16H13Cl/c1-2-13-3-5-14(6-4-13)7-8-15-9-11-16(17)12-10-15/h3-6,9-12H,2H2,1H3. The molecular weight excluding hydrogens is 228 g/mol. The molecule has 0 unspecified atom stereocenters. The number of halogens is 1. The largest absolute Gasteiger partial charge is 0.0843 e. The molecule has 0 atom stereocenters. The lowest BCUT2D eigenvalue weighted by molar-refractivity contribution is 1.14. The van der Waals surface area contributed by atoms with Gasteiger partial charge in [-0.05, 0) is 48.4 Å². The van der Waals surface area contributed by atoms with Crippen molar-refractivity contribution in [3.05, 3.63) is 70.2 Å². The van der Waals surface area contributed by atoms with Crippen molar-refractivity contribution in [2.75, 3.05) is 0 Å². The van der Waals surface area contributed by atoms with Crippen LogP contribution >= 0.6 is 11.6 Å². The van der Waals surface area contributed by atoms with Crippen LogP contribution in [0.2, 0.25) is 5.02 Å². The fourth-order valence-corrected chi connectivity index (χ4v) is 1.63. The Labute approximate surface area is 107 Å². The third kappa shape index (κ3) is 3.37. The van der Waals surface area contributed by atoms with E-state index in [2.05, 4.69) is 43.0 Å². The molecule has 0 amide bonds. The highest BCUT2D eigenvalue weighted by Crippen LogP contribution is 2.09. The summed E-state index contributed by atoms with van der Waals surface area (Å²) in [6, 6.07) is 15.9. The Balaban J connectivity index is 2.17. The van der Waals surface area contributed by atoms with Gasteiger partial charge in [0.2, 0.25) is 0 Å². The molecule has 0 aliphatic heterocycles. The van der Waals surface area contributed by atoms with Gasteiger partial charge in [0.1, 0.15) is 0 Å². The van der Waals surface area contributed by atoms with Crippen molar-refractivity contribution >= 4 is 11.6 Å². The molecule has 0 radical (unpaired) electrons. The quantitative estimate of drug-likeness (QED) is 0.652. The number of aryl methyl sites for hydroxylation is 1. The average molecular weight is 241 g/mol. The predicted octanol–water partition coefficient (Wildman–Crippen LogP) is 4.30. The molecule has 0 fully saturated rings.